The van der Waals surface area contributed by atoms with Gasteiger partial charge in [0.05, 0.1) is 11.4 Å². The second kappa shape index (κ2) is 5.27. The van der Waals surface area contributed by atoms with Crippen molar-refractivity contribution < 1.29 is 0 Å². The van der Waals surface area contributed by atoms with Crippen molar-refractivity contribution in [2.24, 2.45) is 5.73 Å². The summed E-state index contributed by atoms with van der Waals surface area (Å²) in [5.41, 5.74) is 11.1. The molecular weight excluding hydrogens is 270 g/mol. The van der Waals surface area contributed by atoms with Crippen molar-refractivity contribution in [2.45, 2.75) is 13.3 Å². The van der Waals surface area contributed by atoms with E-state index >= 15 is 0 Å². The van der Waals surface area contributed by atoms with Gasteiger partial charge in [-0.05, 0) is 19.5 Å². The van der Waals surface area contributed by atoms with E-state index in [2.05, 4.69) is 40.6 Å². The van der Waals surface area contributed by atoms with Gasteiger partial charge in [-0.1, -0.05) is 41.4 Å². The van der Waals surface area contributed by atoms with Gasteiger partial charge < -0.3 is 5.73 Å². The summed E-state index contributed by atoms with van der Waals surface area (Å²) in [4.78, 5) is 4.66. The molecule has 2 N–H and O–H groups in total. The Morgan fingerprint density at radius 3 is 2.65 bits per heavy atom. The van der Waals surface area contributed by atoms with Gasteiger partial charge in [-0.25, -0.2) is 4.98 Å². The molecule has 0 fully saturated rings. The predicted octanol–water partition coefficient (Wildman–Crippen LogP) is 3.46. The molecule has 0 bridgehead atoms. The molecule has 1 aromatic carbocycles. The Balaban J connectivity index is 2.25. The van der Waals surface area contributed by atoms with E-state index in [1.54, 1.807) is 0 Å². The number of nitrogens with zero attached hydrogens (tertiary/aromatic N) is 2. The van der Waals surface area contributed by atoms with Crippen LogP contribution in [0.15, 0.2) is 42.6 Å². The summed E-state index contributed by atoms with van der Waals surface area (Å²) < 4.78 is 2.07. The number of hydrogen-bond acceptors (Lipinski definition) is 2. The Labute approximate surface area is 123 Å². The monoisotopic (exact) mass is 285 g/mol. The van der Waals surface area contributed by atoms with Gasteiger partial charge in [-0.3, -0.25) is 4.40 Å². The number of rotatable bonds is 3. The van der Waals surface area contributed by atoms with Crippen molar-refractivity contribution in [3.05, 3.63) is 58.9 Å². The van der Waals surface area contributed by atoms with Crippen molar-refractivity contribution in [2.75, 3.05) is 6.54 Å². The molecule has 0 spiro atoms. The molecule has 0 radical (unpaired) electrons. The van der Waals surface area contributed by atoms with Crippen LogP contribution in [0.4, 0.5) is 0 Å². The van der Waals surface area contributed by atoms with Crippen molar-refractivity contribution in [1.29, 1.82) is 0 Å². The van der Waals surface area contributed by atoms with E-state index in [1.807, 2.05) is 18.3 Å². The third-order valence-corrected chi connectivity index (χ3v) is 3.60. The van der Waals surface area contributed by atoms with E-state index in [0.717, 1.165) is 29.0 Å². The van der Waals surface area contributed by atoms with E-state index in [9.17, 15) is 0 Å². The van der Waals surface area contributed by atoms with Crippen LogP contribution in [0.5, 0.6) is 0 Å². The number of imidazole rings is 1. The first-order valence-corrected chi connectivity index (χ1v) is 7.00. The smallest absolute Gasteiger partial charge is 0.139 e. The third kappa shape index (κ3) is 2.30. The fourth-order valence-corrected chi connectivity index (χ4v) is 2.55. The van der Waals surface area contributed by atoms with Crippen LogP contribution in [-0.4, -0.2) is 15.9 Å². The molecule has 0 amide bonds. The van der Waals surface area contributed by atoms with E-state index in [-0.39, 0.29) is 0 Å². The molecule has 0 aliphatic rings. The minimum Gasteiger partial charge on any atom is -0.330 e. The van der Waals surface area contributed by atoms with E-state index in [4.69, 9.17) is 17.3 Å². The topological polar surface area (TPSA) is 43.3 Å². The largest absolute Gasteiger partial charge is 0.330 e. The molecule has 2 aromatic heterocycles. The lowest BCUT2D eigenvalue weighted by Crippen LogP contribution is -2.04. The van der Waals surface area contributed by atoms with E-state index in [1.165, 1.54) is 5.56 Å². The summed E-state index contributed by atoms with van der Waals surface area (Å²) in [7, 11) is 0. The van der Waals surface area contributed by atoms with Crippen molar-refractivity contribution >= 4 is 17.2 Å². The average molecular weight is 286 g/mol. The Morgan fingerprint density at radius 2 is 1.95 bits per heavy atom. The van der Waals surface area contributed by atoms with Crippen molar-refractivity contribution in [1.82, 2.24) is 9.38 Å². The minimum atomic E-state index is 0.580. The number of pyridine rings is 1. The maximum atomic E-state index is 6.05. The zero-order valence-electron chi connectivity index (χ0n) is 11.3. The summed E-state index contributed by atoms with van der Waals surface area (Å²) >= 11 is 6.05. The highest BCUT2D eigenvalue weighted by atomic mass is 35.5. The molecule has 3 aromatic rings. The standard InChI is InChI=1S/C16H16ClN3/c1-11-2-4-12(5-3-11)16-14(6-8-18)19-15-10-13(17)7-9-20(15)16/h2-5,7,9-10H,6,8,18H2,1H3. The fraction of sp³-hybridized carbons (Fsp3) is 0.188. The van der Waals surface area contributed by atoms with E-state index in [0.29, 0.717) is 11.6 Å². The third-order valence-electron chi connectivity index (χ3n) is 3.37. The lowest BCUT2D eigenvalue weighted by atomic mass is 10.1. The van der Waals surface area contributed by atoms with Crippen molar-refractivity contribution in [3.63, 3.8) is 0 Å². The quantitative estimate of drug-likeness (QED) is 0.801. The zero-order chi connectivity index (χ0) is 14.1. The van der Waals surface area contributed by atoms with E-state index < -0.39 is 0 Å². The maximum absolute atomic E-state index is 6.05. The maximum Gasteiger partial charge on any atom is 0.139 e. The molecule has 0 unspecified atom stereocenters. The second-order valence-corrected chi connectivity index (χ2v) is 5.32. The van der Waals surface area contributed by atoms with Gasteiger partial charge in [0.2, 0.25) is 0 Å². The van der Waals surface area contributed by atoms with Crippen LogP contribution in [-0.2, 0) is 6.42 Å². The zero-order valence-corrected chi connectivity index (χ0v) is 12.1. The first kappa shape index (κ1) is 13.2. The molecule has 102 valence electrons. The minimum absolute atomic E-state index is 0.580. The summed E-state index contributed by atoms with van der Waals surface area (Å²) in [6.45, 7) is 2.66. The van der Waals surface area contributed by atoms with Crippen LogP contribution in [0.3, 0.4) is 0 Å². The SMILES string of the molecule is Cc1ccc(-c2c(CCN)nc3cc(Cl)ccn23)cc1. The van der Waals surface area contributed by atoms with Gasteiger partial charge in [0, 0.05) is 29.3 Å². The number of aromatic nitrogens is 2. The van der Waals surface area contributed by atoms with Gasteiger partial charge in [-0.2, -0.15) is 0 Å². The van der Waals surface area contributed by atoms with Gasteiger partial charge in [0.15, 0.2) is 0 Å². The highest BCUT2D eigenvalue weighted by Gasteiger charge is 2.13. The molecule has 2 heterocycles. The van der Waals surface area contributed by atoms with Crippen LogP contribution in [0.25, 0.3) is 16.9 Å². The average Bonchev–Trinajstić information content (AvgIpc) is 2.77. The van der Waals surface area contributed by atoms with Crippen LogP contribution < -0.4 is 5.73 Å². The number of halogens is 1. The second-order valence-electron chi connectivity index (χ2n) is 4.88. The van der Waals surface area contributed by atoms with Gasteiger partial charge in [-0.15, -0.1) is 0 Å². The summed E-state index contributed by atoms with van der Waals surface area (Å²) in [5, 5.41) is 0.692. The highest BCUT2D eigenvalue weighted by Crippen LogP contribution is 2.27. The number of aryl methyl sites for hydroxylation is 1. The first-order chi connectivity index (χ1) is 9.69. The Kier molecular flexibility index (Phi) is 3.47. The predicted molar refractivity (Wildman–Crippen MR) is 83.1 cm³/mol. The number of fused-ring (bicyclic) bond motifs is 1. The summed E-state index contributed by atoms with van der Waals surface area (Å²) in [6, 6.07) is 12.2. The van der Waals surface area contributed by atoms with Gasteiger partial charge >= 0.3 is 0 Å². The van der Waals surface area contributed by atoms with Crippen LogP contribution in [0, 0.1) is 6.92 Å². The number of nitrogens with two attached hydrogens (primary N) is 1. The first-order valence-electron chi connectivity index (χ1n) is 6.62. The molecule has 0 saturated heterocycles. The molecule has 20 heavy (non-hydrogen) atoms. The Morgan fingerprint density at radius 1 is 1.20 bits per heavy atom. The molecule has 0 aliphatic heterocycles. The van der Waals surface area contributed by atoms with Gasteiger partial charge in [0.25, 0.3) is 0 Å². The molecular formula is C16H16ClN3. The normalized spacial score (nSPS) is 11.2. The molecule has 3 nitrogen and oxygen atoms in total. The number of benzene rings is 1. The fourth-order valence-electron chi connectivity index (χ4n) is 2.40. The summed E-state index contributed by atoms with van der Waals surface area (Å²) in [5.74, 6) is 0. The van der Waals surface area contributed by atoms with Crippen LogP contribution >= 0.6 is 11.6 Å². The molecule has 4 heteroatoms. The Bertz CT molecular complexity index is 744. The Hall–Kier alpha value is -1.84. The molecule has 0 aliphatic carbocycles. The van der Waals surface area contributed by atoms with Crippen LogP contribution in [0.1, 0.15) is 11.3 Å². The molecule has 0 saturated carbocycles. The molecule has 3 rings (SSSR count). The lowest BCUT2D eigenvalue weighted by Gasteiger charge is -2.05. The lowest BCUT2D eigenvalue weighted by molar-refractivity contribution is 0.939. The van der Waals surface area contributed by atoms with Crippen molar-refractivity contribution in [3.8, 4) is 11.3 Å². The van der Waals surface area contributed by atoms with Crippen LogP contribution in [0.2, 0.25) is 5.02 Å². The summed E-state index contributed by atoms with van der Waals surface area (Å²) in [6.07, 6.45) is 2.71. The van der Waals surface area contributed by atoms with Gasteiger partial charge in [0.1, 0.15) is 5.65 Å². The molecule has 0 atom stereocenters. The number of hydrogen-bond donors (Lipinski definition) is 1. The highest BCUT2D eigenvalue weighted by molar-refractivity contribution is 6.30.